The Bertz CT molecular complexity index is 781. The lowest BCUT2D eigenvalue weighted by atomic mass is 10.1. The first-order valence-electron chi connectivity index (χ1n) is 10.2. The van der Waals surface area contributed by atoms with Crippen LogP contribution in [-0.2, 0) is 20.7 Å². The maximum absolute atomic E-state index is 12.0. The highest BCUT2D eigenvalue weighted by Gasteiger charge is 2.20. The average Bonchev–Trinajstić information content (AvgIpc) is 2.75. The molecule has 3 rings (SSSR count). The van der Waals surface area contributed by atoms with Gasteiger partial charge >= 0.3 is 5.97 Å². The number of esters is 1. The van der Waals surface area contributed by atoms with Crippen LogP contribution >= 0.6 is 11.8 Å². The molecule has 6 heteroatoms. The van der Waals surface area contributed by atoms with Crippen LogP contribution in [0.5, 0.6) is 5.75 Å². The molecule has 0 bridgehead atoms. The van der Waals surface area contributed by atoms with Crippen molar-refractivity contribution >= 4 is 23.4 Å². The summed E-state index contributed by atoms with van der Waals surface area (Å²) in [5.74, 6) is 1.62. The number of hydrogen-bond acceptors (Lipinski definition) is 6. The van der Waals surface area contributed by atoms with Crippen LogP contribution in [0, 0.1) is 0 Å². The van der Waals surface area contributed by atoms with E-state index in [0.29, 0.717) is 26.2 Å². The van der Waals surface area contributed by atoms with E-state index in [1.807, 2.05) is 43.0 Å². The number of carbonyl (C=O) groups excluding carboxylic acids is 1. The molecular weight excluding hydrogens is 386 g/mol. The molecule has 0 saturated heterocycles. The maximum Gasteiger partial charge on any atom is 0.335 e. The van der Waals surface area contributed by atoms with Crippen molar-refractivity contribution in [1.82, 2.24) is 0 Å². The molecule has 1 unspecified atom stereocenters. The lowest BCUT2D eigenvalue weighted by Gasteiger charge is -2.30. The summed E-state index contributed by atoms with van der Waals surface area (Å²) in [7, 11) is 0. The van der Waals surface area contributed by atoms with Gasteiger partial charge in [-0.3, -0.25) is 0 Å². The summed E-state index contributed by atoms with van der Waals surface area (Å²) in [6.45, 7) is 7.03. The number of fused-ring (bicyclic) bond motifs is 1. The van der Waals surface area contributed by atoms with Gasteiger partial charge in [-0.1, -0.05) is 24.3 Å². The van der Waals surface area contributed by atoms with Gasteiger partial charge in [0.15, 0.2) is 6.10 Å². The Morgan fingerprint density at radius 1 is 1.10 bits per heavy atom. The van der Waals surface area contributed by atoms with Gasteiger partial charge in [-0.25, -0.2) is 4.79 Å². The van der Waals surface area contributed by atoms with Crippen LogP contribution in [0.3, 0.4) is 0 Å². The summed E-state index contributed by atoms with van der Waals surface area (Å²) in [5, 5.41) is 0. The molecule has 29 heavy (non-hydrogen) atoms. The Balaban J connectivity index is 1.50. The van der Waals surface area contributed by atoms with E-state index in [2.05, 4.69) is 29.2 Å². The summed E-state index contributed by atoms with van der Waals surface area (Å²) in [4.78, 5) is 15.7. The lowest BCUT2D eigenvalue weighted by Crippen LogP contribution is -2.33. The second kappa shape index (κ2) is 11.1. The van der Waals surface area contributed by atoms with Crippen molar-refractivity contribution in [2.75, 3.05) is 43.6 Å². The largest absolute Gasteiger partial charge is 0.492 e. The van der Waals surface area contributed by atoms with Gasteiger partial charge in [0.25, 0.3) is 0 Å². The second-order valence-corrected chi connectivity index (χ2v) is 7.83. The molecule has 0 amide bonds. The van der Waals surface area contributed by atoms with Gasteiger partial charge in [-0.15, -0.1) is 11.8 Å². The monoisotopic (exact) mass is 415 g/mol. The van der Waals surface area contributed by atoms with Gasteiger partial charge in [0, 0.05) is 30.2 Å². The fourth-order valence-electron chi connectivity index (χ4n) is 3.32. The summed E-state index contributed by atoms with van der Waals surface area (Å²) < 4.78 is 16.6. The van der Waals surface area contributed by atoms with Crippen molar-refractivity contribution in [1.29, 1.82) is 0 Å². The van der Waals surface area contributed by atoms with E-state index in [9.17, 15) is 4.79 Å². The Morgan fingerprint density at radius 3 is 2.66 bits per heavy atom. The molecule has 0 radical (unpaired) electrons. The van der Waals surface area contributed by atoms with E-state index in [-0.39, 0.29) is 5.97 Å². The Hall–Kier alpha value is -2.18. The van der Waals surface area contributed by atoms with Gasteiger partial charge in [0.05, 0.1) is 18.8 Å². The first-order chi connectivity index (χ1) is 14.2. The number of rotatable bonds is 10. The summed E-state index contributed by atoms with van der Waals surface area (Å²) in [5.41, 5.74) is 2.31. The standard InChI is InChI=1S/C23H29NO4S/c1-3-26-21(23(25)27-4-2)17-18-9-11-19(12-10-18)28-15-13-24-14-16-29-22-8-6-5-7-20(22)24/h5-12,21H,3-4,13-17H2,1-2H3. The number of para-hydroxylation sites is 1. The molecule has 0 N–H and O–H groups in total. The van der Waals surface area contributed by atoms with Crippen LogP contribution in [0.15, 0.2) is 53.4 Å². The van der Waals surface area contributed by atoms with E-state index in [1.165, 1.54) is 10.6 Å². The van der Waals surface area contributed by atoms with E-state index in [4.69, 9.17) is 14.2 Å². The van der Waals surface area contributed by atoms with Gasteiger partial charge in [0.2, 0.25) is 0 Å². The highest BCUT2D eigenvalue weighted by molar-refractivity contribution is 7.99. The fourth-order valence-corrected chi connectivity index (χ4v) is 4.37. The zero-order valence-corrected chi connectivity index (χ0v) is 18.0. The topological polar surface area (TPSA) is 48.0 Å². The Morgan fingerprint density at radius 2 is 1.90 bits per heavy atom. The minimum atomic E-state index is -0.566. The van der Waals surface area contributed by atoms with Crippen LogP contribution < -0.4 is 9.64 Å². The minimum Gasteiger partial charge on any atom is -0.492 e. The van der Waals surface area contributed by atoms with E-state index < -0.39 is 6.10 Å². The van der Waals surface area contributed by atoms with E-state index in [1.54, 1.807) is 6.92 Å². The molecular formula is C23H29NO4S. The number of benzene rings is 2. The fraction of sp³-hybridized carbons (Fsp3) is 0.435. The molecule has 2 aromatic carbocycles. The highest BCUT2D eigenvalue weighted by Crippen LogP contribution is 2.33. The molecule has 0 spiro atoms. The Kier molecular flexibility index (Phi) is 8.25. The molecule has 0 aromatic heterocycles. The third kappa shape index (κ3) is 6.15. The van der Waals surface area contributed by atoms with Crippen LogP contribution in [0.1, 0.15) is 19.4 Å². The van der Waals surface area contributed by atoms with Crippen molar-refractivity contribution in [3.8, 4) is 5.75 Å². The maximum atomic E-state index is 12.0. The van der Waals surface area contributed by atoms with Gasteiger partial charge in [-0.2, -0.15) is 0 Å². The molecule has 0 fully saturated rings. The average molecular weight is 416 g/mol. The molecule has 5 nitrogen and oxygen atoms in total. The van der Waals surface area contributed by atoms with Crippen molar-refractivity contribution < 1.29 is 19.0 Å². The molecule has 1 aliphatic heterocycles. The smallest absolute Gasteiger partial charge is 0.335 e. The minimum absolute atomic E-state index is 0.311. The van der Waals surface area contributed by atoms with Gasteiger partial charge < -0.3 is 19.1 Å². The SMILES string of the molecule is CCOC(=O)C(Cc1ccc(OCCN2CCSc3ccccc32)cc1)OCC. The lowest BCUT2D eigenvalue weighted by molar-refractivity contribution is -0.156. The molecule has 2 aromatic rings. The Labute approximate surface area is 177 Å². The molecule has 1 aliphatic rings. The zero-order chi connectivity index (χ0) is 20.5. The quantitative estimate of drug-likeness (QED) is 0.543. The van der Waals surface area contributed by atoms with Gasteiger partial charge in [0.1, 0.15) is 12.4 Å². The molecule has 0 aliphatic carbocycles. The zero-order valence-electron chi connectivity index (χ0n) is 17.1. The van der Waals surface area contributed by atoms with Crippen molar-refractivity contribution in [3.05, 3.63) is 54.1 Å². The van der Waals surface area contributed by atoms with Crippen molar-refractivity contribution in [3.63, 3.8) is 0 Å². The van der Waals surface area contributed by atoms with E-state index in [0.717, 1.165) is 30.2 Å². The first-order valence-corrected chi connectivity index (χ1v) is 11.2. The predicted molar refractivity (Wildman–Crippen MR) is 117 cm³/mol. The van der Waals surface area contributed by atoms with Crippen LogP contribution in [-0.4, -0.2) is 50.7 Å². The number of ether oxygens (including phenoxy) is 3. The number of carbonyl (C=O) groups is 1. The van der Waals surface area contributed by atoms with Gasteiger partial charge in [-0.05, 0) is 43.7 Å². The summed E-state index contributed by atoms with van der Waals surface area (Å²) in [6.07, 6.45) is -0.0707. The normalized spacial score (nSPS) is 14.2. The van der Waals surface area contributed by atoms with Crippen molar-refractivity contribution in [2.45, 2.75) is 31.3 Å². The third-order valence-electron chi connectivity index (χ3n) is 4.72. The summed E-state index contributed by atoms with van der Waals surface area (Å²) >= 11 is 1.91. The number of thioether (sulfide) groups is 1. The number of anilines is 1. The van der Waals surface area contributed by atoms with Crippen molar-refractivity contribution in [2.24, 2.45) is 0 Å². The predicted octanol–water partition coefficient (Wildman–Crippen LogP) is 4.19. The van der Waals surface area contributed by atoms with Crippen LogP contribution in [0.4, 0.5) is 5.69 Å². The first kappa shape index (κ1) is 21.5. The number of nitrogens with zero attached hydrogens (tertiary/aromatic N) is 1. The summed E-state index contributed by atoms with van der Waals surface area (Å²) in [6, 6.07) is 16.4. The molecule has 0 saturated carbocycles. The highest BCUT2D eigenvalue weighted by atomic mass is 32.2. The molecule has 1 atom stereocenters. The third-order valence-corrected chi connectivity index (χ3v) is 5.76. The number of hydrogen-bond donors (Lipinski definition) is 0. The second-order valence-electron chi connectivity index (χ2n) is 6.70. The molecule has 156 valence electrons. The molecule has 1 heterocycles. The van der Waals surface area contributed by atoms with Crippen LogP contribution in [0.2, 0.25) is 0 Å². The van der Waals surface area contributed by atoms with Crippen LogP contribution in [0.25, 0.3) is 0 Å². The van der Waals surface area contributed by atoms with E-state index >= 15 is 0 Å².